The molecule has 1 fully saturated rings. The molecule has 0 atom stereocenters. The van der Waals surface area contributed by atoms with E-state index < -0.39 is 11.4 Å². The molecule has 20 heavy (non-hydrogen) atoms. The minimum absolute atomic E-state index is 0.514. The third-order valence-electron chi connectivity index (χ3n) is 3.79. The maximum Gasteiger partial charge on any atom is 0.314 e. The van der Waals surface area contributed by atoms with Gasteiger partial charge in [-0.25, -0.2) is 0 Å². The lowest BCUT2D eigenvalue weighted by Crippen LogP contribution is -2.22. The van der Waals surface area contributed by atoms with Gasteiger partial charge in [0.05, 0.1) is 30.4 Å². The van der Waals surface area contributed by atoms with Crippen molar-refractivity contribution in [3.05, 3.63) is 16.1 Å². The quantitative estimate of drug-likeness (QED) is 0.914. The minimum Gasteiger partial charge on any atom is -0.495 e. The molecule has 0 unspecified atom stereocenters. The predicted molar refractivity (Wildman–Crippen MR) is 74.8 cm³/mol. The molecule has 0 saturated heterocycles. The van der Waals surface area contributed by atoms with E-state index in [1.54, 1.807) is 6.07 Å². The van der Waals surface area contributed by atoms with Crippen LogP contribution in [0.15, 0.2) is 10.5 Å². The van der Waals surface area contributed by atoms with Gasteiger partial charge in [-0.05, 0) is 28.8 Å². The normalized spacial score (nSPS) is 19.1. The van der Waals surface area contributed by atoms with Gasteiger partial charge in [-0.15, -0.1) is 0 Å². The summed E-state index contributed by atoms with van der Waals surface area (Å²) in [7, 11) is 1.53. The number of ether oxygens (including phenoxy) is 3. The summed E-state index contributed by atoms with van der Waals surface area (Å²) in [5.74, 6) is 0.776. The third-order valence-corrected chi connectivity index (χ3v) is 4.38. The molecule has 1 aromatic rings. The Kier molecular flexibility index (Phi) is 3.28. The summed E-state index contributed by atoms with van der Waals surface area (Å²) in [5, 5.41) is 9.57. The van der Waals surface area contributed by atoms with Gasteiger partial charge in [-0.1, -0.05) is 0 Å². The van der Waals surface area contributed by atoms with Gasteiger partial charge in [0.1, 0.15) is 11.2 Å². The van der Waals surface area contributed by atoms with Crippen LogP contribution in [0.5, 0.6) is 17.2 Å². The van der Waals surface area contributed by atoms with Crippen molar-refractivity contribution < 1.29 is 24.1 Å². The number of carboxylic acids is 1. The summed E-state index contributed by atoms with van der Waals surface area (Å²) in [4.78, 5) is 11.7. The highest BCUT2D eigenvalue weighted by Crippen LogP contribution is 2.59. The van der Waals surface area contributed by atoms with Crippen molar-refractivity contribution in [2.75, 3.05) is 20.3 Å². The molecular formula is C14H15BrO5. The Morgan fingerprint density at radius 1 is 1.40 bits per heavy atom. The number of methoxy groups -OCH3 is 1. The van der Waals surface area contributed by atoms with E-state index in [2.05, 4.69) is 15.9 Å². The summed E-state index contributed by atoms with van der Waals surface area (Å²) in [5.41, 5.74) is -0.314. The van der Waals surface area contributed by atoms with Crippen molar-refractivity contribution in [2.45, 2.75) is 24.7 Å². The molecule has 1 saturated carbocycles. The van der Waals surface area contributed by atoms with Crippen LogP contribution in [0, 0.1) is 0 Å². The molecule has 1 N–H and O–H groups in total. The Hall–Kier alpha value is -1.43. The van der Waals surface area contributed by atoms with Crippen LogP contribution >= 0.6 is 15.9 Å². The van der Waals surface area contributed by atoms with Crippen molar-refractivity contribution in [2.24, 2.45) is 0 Å². The molecule has 1 aliphatic carbocycles. The summed E-state index contributed by atoms with van der Waals surface area (Å²) >= 11 is 3.43. The van der Waals surface area contributed by atoms with Crippen molar-refractivity contribution in [3.63, 3.8) is 0 Å². The number of hydrogen-bond donors (Lipinski definition) is 1. The molecule has 0 radical (unpaired) electrons. The van der Waals surface area contributed by atoms with Gasteiger partial charge in [0.15, 0.2) is 11.5 Å². The van der Waals surface area contributed by atoms with Crippen molar-refractivity contribution in [1.82, 2.24) is 0 Å². The Balaban J connectivity index is 2.24. The van der Waals surface area contributed by atoms with Crippen LogP contribution in [0.4, 0.5) is 0 Å². The maximum absolute atomic E-state index is 11.7. The van der Waals surface area contributed by atoms with Crippen molar-refractivity contribution >= 4 is 21.9 Å². The van der Waals surface area contributed by atoms with Gasteiger partial charge in [-0.2, -0.15) is 0 Å². The first-order valence-electron chi connectivity index (χ1n) is 6.50. The average molecular weight is 343 g/mol. The summed E-state index contributed by atoms with van der Waals surface area (Å²) in [6.07, 6.45) is 1.95. The van der Waals surface area contributed by atoms with Crippen LogP contribution in [0.25, 0.3) is 0 Å². The van der Waals surface area contributed by atoms with Gasteiger partial charge in [0.25, 0.3) is 0 Å². The molecular weight excluding hydrogens is 328 g/mol. The van der Waals surface area contributed by atoms with Gasteiger partial charge in [-0.3, -0.25) is 4.79 Å². The molecule has 0 aromatic heterocycles. The molecule has 0 amide bonds. The van der Waals surface area contributed by atoms with Crippen LogP contribution in [0.3, 0.4) is 0 Å². The Labute approximate surface area is 125 Å². The van der Waals surface area contributed by atoms with Gasteiger partial charge in [0, 0.05) is 12.5 Å². The van der Waals surface area contributed by atoms with E-state index in [-0.39, 0.29) is 0 Å². The molecule has 5 nitrogen and oxygen atoms in total. The topological polar surface area (TPSA) is 65.0 Å². The Morgan fingerprint density at radius 2 is 2.10 bits per heavy atom. The van der Waals surface area contributed by atoms with E-state index in [1.165, 1.54) is 7.11 Å². The standard InChI is InChI=1S/C14H15BrO5/c1-18-11-8(15)7-9-12(20-6-2-5-19-9)10(11)14(3-4-14)13(16)17/h7H,2-6H2,1H3,(H,16,17). The van der Waals surface area contributed by atoms with E-state index in [0.717, 1.165) is 6.42 Å². The molecule has 108 valence electrons. The number of rotatable bonds is 3. The lowest BCUT2D eigenvalue weighted by molar-refractivity contribution is -0.140. The number of hydrogen-bond acceptors (Lipinski definition) is 4. The highest BCUT2D eigenvalue weighted by atomic mass is 79.9. The number of carbonyl (C=O) groups is 1. The zero-order chi connectivity index (χ0) is 14.3. The SMILES string of the molecule is COc1c(Br)cc2c(c1C1(C(=O)O)CC1)OCCCO2. The Bertz CT molecular complexity index is 565. The number of fused-ring (bicyclic) bond motifs is 1. The first-order valence-corrected chi connectivity index (χ1v) is 7.29. The van der Waals surface area contributed by atoms with Crippen LogP contribution in [-0.4, -0.2) is 31.4 Å². The lowest BCUT2D eigenvalue weighted by Gasteiger charge is -2.21. The Morgan fingerprint density at radius 3 is 2.70 bits per heavy atom. The number of halogens is 1. The van der Waals surface area contributed by atoms with Crippen LogP contribution < -0.4 is 14.2 Å². The molecule has 3 rings (SSSR count). The molecule has 2 aliphatic rings. The van der Waals surface area contributed by atoms with E-state index in [0.29, 0.717) is 53.3 Å². The van der Waals surface area contributed by atoms with E-state index in [9.17, 15) is 9.90 Å². The number of aliphatic carboxylic acids is 1. The van der Waals surface area contributed by atoms with Crippen LogP contribution in [0.1, 0.15) is 24.8 Å². The largest absolute Gasteiger partial charge is 0.495 e. The smallest absolute Gasteiger partial charge is 0.314 e. The fraction of sp³-hybridized carbons (Fsp3) is 0.500. The van der Waals surface area contributed by atoms with Gasteiger partial charge >= 0.3 is 5.97 Å². The first kappa shape index (κ1) is 13.5. The van der Waals surface area contributed by atoms with Crippen LogP contribution in [0.2, 0.25) is 0 Å². The predicted octanol–water partition coefficient (Wildman–Crippen LogP) is 2.74. The summed E-state index contributed by atoms with van der Waals surface area (Å²) in [6.45, 7) is 1.08. The third kappa shape index (κ3) is 1.93. The van der Waals surface area contributed by atoms with Crippen molar-refractivity contribution in [1.29, 1.82) is 0 Å². The number of benzene rings is 1. The molecule has 6 heteroatoms. The molecule has 1 heterocycles. The molecule has 0 spiro atoms. The molecule has 1 aliphatic heterocycles. The lowest BCUT2D eigenvalue weighted by atomic mass is 9.93. The van der Waals surface area contributed by atoms with E-state index in [1.807, 2.05) is 0 Å². The zero-order valence-corrected chi connectivity index (χ0v) is 12.7. The molecule has 1 aromatic carbocycles. The zero-order valence-electron chi connectivity index (χ0n) is 11.1. The second-order valence-corrected chi connectivity index (χ2v) is 5.89. The second-order valence-electron chi connectivity index (χ2n) is 5.03. The second kappa shape index (κ2) is 4.84. The highest BCUT2D eigenvalue weighted by Gasteiger charge is 2.56. The first-order chi connectivity index (χ1) is 9.60. The maximum atomic E-state index is 11.7. The fourth-order valence-electron chi connectivity index (χ4n) is 2.59. The summed E-state index contributed by atoms with van der Waals surface area (Å²) < 4.78 is 17.5. The fourth-order valence-corrected chi connectivity index (χ4v) is 3.16. The van der Waals surface area contributed by atoms with Crippen molar-refractivity contribution in [3.8, 4) is 17.2 Å². The van der Waals surface area contributed by atoms with Gasteiger partial charge in [0.2, 0.25) is 0 Å². The van der Waals surface area contributed by atoms with E-state index >= 15 is 0 Å². The van der Waals surface area contributed by atoms with Crippen LogP contribution in [-0.2, 0) is 10.2 Å². The highest BCUT2D eigenvalue weighted by molar-refractivity contribution is 9.10. The van der Waals surface area contributed by atoms with Gasteiger partial charge < -0.3 is 19.3 Å². The number of carboxylic acid groups (broad SMARTS) is 1. The van der Waals surface area contributed by atoms with E-state index in [4.69, 9.17) is 14.2 Å². The molecule has 0 bridgehead atoms. The monoisotopic (exact) mass is 342 g/mol. The summed E-state index contributed by atoms with van der Waals surface area (Å²) in [6, 6.07) is 1.78. The minimum atomic E-state index is -0.910. The average Bonchev–Trinajstić information content (AvgIpc) is 3.21.